The zero-order valence-electron chi connectivity index (χ0n) is 7.07. The minimum absolute atomic E-state index is 0.0794. The summed E-state index contributed by atoms with van der Waals surface area (Å²) in [5.74, 6) is 0.126. The molecule has 0 saturated carbocycles. The predicted molar refractivity (Wildman–Crippen MR) is 63.3 cm³/mol. The first-order chi connectivity index (χ1) is 6.61. The standard InChI is InChI=1S/C8H8BrN3OS/c9-6-3-1-2-5(7(6)13)4-11-12-8(10)14/h1-4,13H,(H3,10,12,14). The maximum atomic E-state index is 9.53. The summed E-state index contributed by atoms with van der Waals surface area (Å²) in [6, 6.07) is 5.23. The van der Waals surface area contributed by atoms with Gasteiger partial charge in [0, 0.05) is 5.56 Å². The second-order valence-corrected chi connectivity index (χ2v) is 3.71. The number of benzene rings is 1. The summed E-state index contributed by atoms with van der Waals surface area (Å²) in [5.41, 5.74) is 8.12. The predicted octanol–water partition coefficient (Wildman–Crippen LogP) is 1.32. The quantitative estimate of drug-likeness (QED) is 0.432. The van der Waals surface area contributed by atoms with Crippen LogP contribution in [0, 0.1) is 0 Å². The maximum Gasteiger partial charge on any atom is 0.184 e. The monoisotopic (exact) mass is 273 g/mol. The Morgan fingerprint density at radius 3 is 3.00 bits per heavy atom. The first kappa shape index (κ1) is 10.9. The summed E-state index contributed by atoms with van der Waals surface area (Å²) in [4.78, 5) is 0. The first-order valence-corrected chi connectivity index (χ1v) is 4.87. The van der Waals surface area contributed by atoms with E-state index in [2.05, 4.69) is 38.7 Å². The Morgan fingerprint density at radius 1 is 1.64 bits per heavy atom. The topological polar surface area (TPSA) is 70.6 Å². The fourth-order valence-electron chi connectivity index (χ4n) is 0.802. The highest BCUT2D eigenvalue weighted by molar-refractivity contribution is 9.10. The van der Waals surface area contributed by atoms with Gasteiger partial charge in [0.25, 0.3) is 0 Å². The number of rotatable bonds is 2. The molecule has 0 aliphatic heterocycles. The van der Waals surface area contributed by atoms with Crippen LogP contribution >= 0.6 is 28.1 Å². The molecule has 0 unspecified atom stereocenters. The van der Waals surface area contributed by atoms with Crippen LogP contribution in [0.25, 0.3) is 0 Å². The van der Waals surface area contributed by atoms with E-state index < -0.39 is 0 Å². The fourth-order valence-corrected chi connectivity index (χ4v) is 1.24. The molecule has 0 spiro atoms. The molecule has 14 heavy (non-hydrogen) atoms. The van der Waals surface area contributed by atoms with Crippen molar-refractivity contribution in [1.82, 2.24) is 5.43 Å². The van der Waals surface area contributed by atoms with Gasteiger partial charge in [-0.3, -0.25) is 5.43 Å². The Hall–Kier alpha value is -1.14. The lowest BCUT2D eigenvalue weighted by Crippen LogP contribution is -2.23. The first-order valence-electron chi connectivity index (χ1n) is 3.67. The SMILES string of the molecule is NC(=S)NN=Cc1cccc(Br)c1O. The third-order valence-electron chi connectivity index (χ3n) is 1.40. The highest BCUT2D eigenvalue weighted by Gasteiger charge is 2.01. The molecule has 0 aliphatic carbocycles. The summed E-state index contributed by atoms with van der Waals surface area (Å²) >= 11 is 7.74. The number of nitrogens with two attached hydrogens (primary N) is 1. The molecule has 0 amide bonds. The number of aromatic hydroxyl groups is 1. The van der Waals surface area contributed by atoms with Crippen LogP contribution in [0.3, 0.4) is 0 Å². The molecular weight excluding hydrogens is 266 g/mol. The Balaban J connectivity index is 2.81. The van der Waals surface area contributed by atoms with Crippen molar-refractivity contribution in [2.75, 3.05) is 0 Å². The number of halogens is 1. The van der Waals surface area contributed by atoms with Gasteiger partial charge in [-0.15, -0.1) is 0 Å². The molecular formula is C8H8BrN3OS. The van der Waals surface area contributed by atoms with Crippen LogP contribution in [0.1, 0.15) is 5.56 Å². The molecule has 0 fully saturated rings. The molecule has 1 aromatic carbocycles. The molecule has 0 atom stereocenters. The van der Waals surface area contributed by atoms with E-state index in [9.17, 15) is 5.11 Å². The van der Waals surface area contributed by atoms with Crippen LogP contribution in [0.5, 0.6) is 5.75 Å². The molecule has 0 aliphatic rings. The van der Waals surface area contributed by atoms with E-state index in [1.165, 1.54) is 6.21 Å². The number of nitrogens with zero attached hydrogens (tertiary/aromatic N) is 1. The van der Waals surface area contributed by atoms with Gasteiger partial charge >= 0.3 is 0 Å². The Bertz CT molecular complexity index is 381. The van der Waals surface area contributed by atoms with E-state index in [4.69, 9.17) is 5.73 Å². The van der Waals surface area contributed by atoms with Crippen molar-refractivity contribution in [1.29, 1.82) is 0 Å². The molecule has 1 rings (SSSR count). The van der Waals surface area contributed by atoms with Crippen molar-refractivity contribution < 1.29 is 5.11 Å². The van der Waals surface area contributed by atoms with Gasteiger partial charge < -0.3 is 10.8 Å². The molecule has 0 heterocycles. The van der Waals surface area contributed by atoms with Gasteiger partial charge in [0.1, 0.15) is 5.75 Å². The van der Waals surface area contributed by atoms with Gasteiger partial charge in [-0.2, -0.15) is 5.10 Å². The van der Waals surface area contributed by atoms with Crippen molar-refractivity contribution in [3.63, 3.8) is 0 Å². The van der Waals surface area contributed by atoms with E-state index in [1.807, 2.05) is 0 Å². The van der Waals surface area contributed by atoms with Crippen LogP contribution in [-0.4, -0.2) is 16.4 Å². The number of para-hydroxylation sites is 1. The van der Waals surface area contributed by atoms with Crippen molar-refractivity contribution in [2.45, 2.75) is 0 Å². The second kappa shape index (κ2) is 4.92. The molecule has 0 radical (unpaired) electrons. The Kier molecular flexibility index (Phi) is 3.84. The molecule has 0 bridgehead atoms. The summed E-state index contributed by atoms with van der Waals surface area (Å²) in [5, 5.41) is 13.3. The van der Waals surface area contributed by atoms with E-state index in [-0.39, 0.29) is 10.9 Å². The lowest BCUT2D eigenvalue weighted by molar-refractivity contribution is 0.471. The summed E-state index contributed by atoms with van der Waals surface area (Å²) in [6.45, 7) is 0. The molecule has 4 N–H and O–H groups in total. The molecule has 1 aromatic rings. The Morgan fingerprint density at radius 2 is 2.36 bits per heavy atom. The van der Waals surface area contributed by atoms with Crippen molar-refractivity contribution in [3.05, 3.63) is 28.2 Å². The van der Waals surface area contributed by atoms with E-state index in [1.54, 1.807) is 18.2 Å². The Labute approximate surface area is 94.9 Å². The van der Waals surface area contributed by atoms with Crippen molar-refractivity contribution in [3.8, 4) is 5.75 Å². The van der Waals surface area contributed by atoms with Crippen LogP contribution in [-0.2, 0) is 0 Å². The summed E-state index contributed by atoms with van der Waals surface area (Å²) < 4.78 is 0.608. The lowest BCUT2D eigenvalue weighted by Gasteiger charge is -2.00. The maximum absolute atomic E-state index is 9.53. The second-order valence-electron chi connectivity index (χ2n) is 2.41. The van der Waals surface area contributed by atoms with E-state index >= 15 is 0 Å². The summed E-state index contributed by atoms with van der Waals surface area (Å²) in [7, 11) is 0. The largest absolute Gasteiger partial charge is 0.506 e. The number of nitrogens with one attached hydrogen (secondary N) is 1. The van der Waals surface area contributed by atoms with Crippen LogP contribution in [0.2, 0.25) is 0 Å². The number of phenolic OH excluding ortho intramolecular Hbond substituents is 1. The highest BCUT2D eigenvalue weighted by atomic mass is 79.9. The van der Waals surface area contributed by atoms with Crippen molar-refractivity contribution >= 4 is 39.5 Å². The zero-order valence-corrected chi connectivity index (χ0v) is 9.47. The number of phenols is 1. The summed E-state index contributed by atoms with van der Waals surface area (Å²) in [6.07, 6.45) is 1.43. The molecule has 0 saturated heterocycles. The van der Waals surface area contributed by atoms with Gasteiger partial charge in [-0.25, -0.2) is 0 Å². The van der Waals surface area contributed by atoms with Crippen LogP contribution in [0.15, 0.2) is 27.8 Å². The smallest absolute Gasteiger partial charge is 0.184 e. The average Bonchev–Trinajstić information content (AvgIpc) is 2.12. The minimum atomic E-state index is 0.0794. The average molecular weight is 274 g/mol. The van der Waals surface area contributed by atoms with Crippen LogP contribution < -0.4 is 11.2 Å². The fraction of sp³-hybridized carbons (Fsp3) is 0. The van der Waals surface area contributed by atoms with E-state index in [0.29, 0.717) is 10.0 Å². The third kappa shape index (κ3) is 2.97. The third-order valence-corrected chi connectivity index (χ3v) is 2.13. The van der Waals surface area contributed by atoms with Gasteiger partial charge in [0.2, 0.25) is 0 Å². The molecule has 6 heteroatoms. The lowest BCUT2D eigenvalue weighted by atomic mass is 10.2. The normalized spacial score (nSPS) is 10.4. The van der Waals surface area contributed by atoms with E-state index in [0.717, 1.165) is 0 Å². The van der Waals surface area contributed by atoms with Crippen molar-refractivity contribution in [2.24, 2.45) is 10.8 Å². The highest BCUT2D eigenvalue weighted by Crippen LogP contribution is 2.25. The van der Waals surface area contributed by atoms with Gasteiger partial charge in [-0.05, 0) is 40.3 Å². The molecule has 4 nitrogen and oxygen atoms in total. The molecule has 74 valence electrons. The van der Waals surface area contributed by atoms with Gasteiger partial charge in [0.15, 0.2) is 5.11 Å². The van der Waals surface area contributed by atoms with Crippen LogP contribution in [0.4, 0.5) is 0 Å². The number of hydrogen-bond donors (Lipinski definition) is 3. The zero-order chi connectivity index (χ0) is 10.6. The van der Waals surface area contributed by atoms with Gasteiger partial charge in [0.05, 0.1) is 10.7 Å². The number of thiocarbonyl (C=S) groups is 1. The number of hydrazone groups is 1. The minimum Gasteiger partial charge on any atom is -0.506 e. The van der Waals surface area contributed by atoms with Gasteiger partial charge in [-0.1, -0.05) is 6.07 Å². The molecule has 0 aromatic heterocycles. The number of hydrogen-bond acceptors (Lipinski definition) is 3.